The summed E-state index contributed by atoms with van der Waals surface area (Å²) in [5, 5.41) is 2.98. The van der Waals surface area contributed by atoms with Crippen LogP contribution < -0.4 is 10.2 Å². The minimum atomic E-state index is -0.00806. The number of rotatable bonds is 5. The quantitative estimate of drug-likeness (QED) is 0.862. The molecule has 2 aromatic rings. The number of amides is 1. The van der Waals surface area contributed by atoms with E-state index in [1.54, 1.807) is 4.90 Å². The van der Waals surface area contributed by atoms with Crippen LogP contribution in [0.3, 0.4) is 0 Å². The zero-order chi connectivity index (χ0) is 17.8. The fraction of sp³-hybridized carbons (Fsp3) is 0.409. The zero-order valence-corrected chi connectivity index (χ0v) is 15.2. The van der Waals surface area contributed by atoms with Crippen molar-refractivity contribution in [3.8, 4) is 0 Å². The van der Waals surface area contributed by atoms with E-state index in [0.717, 1.165) is 44.5 Å². The fourth-order valence-corrected chi connectivity index (χ4v) is 3.97. The van der Waals surface area contributed by atoms with Crippen LogP contribution in [-0.4, -0.2) is 31.7 Å². The number of benzene rings is 2. The maximum Gasteiger partial charge on any atom is 0.251 e. The number of nitrogens with one attached hydrogen (secondary N) is 2. The van der Waals surface area contributed by atoms with Gasteiger partial charge in [0.2, 0.25) is 0 Å². The third-order valence-corrected chi connectivity index (χ3v) is 5.49. The third-order valence-electron chi connectivity index (χ3n) is 5.49. The summed E-state index contributed by atoms with van der Waals surface area (Å²) in [6, 6.07) is 16.8. The summed E-state index contributed by atoms with van der Waals surface area (Å²) in [4.78, 5) is 13.9. The van der Waals surface area contributed by atoms with Gasteiger partial charge in [0.05, 0.1) is 12.6 Å². The van der Waals surface area contributed by atoms with Crippen LogP contribution in [0.4, 0.5) is 0 Å². The molecule has 2 aliphatic heterocycles. The zero-order valence-electron chi connectivity index (χ0n) is 15.2. The van der Waals surface area contributed by atoms with Gasteiger partial charge in [-0.15, -0.1) is 0 Å². The normalized spacial score (nSPS) is 22.0. The lowest BCUT2D eigenvalue weighted by atomic mass is 9.99. The van der Waals surface area contributed by atoms with E-state index in [-0.39, 0.29) is 12.0 Å². The maximum atomic E-state index is 12.3. The molecule has 0 saturated carbocycles. The van der Waals surface area contributed by atoms with Crippen LogP contribution in [0.1, 0.15) is 39.9 Å². The summed E-state index contributed by atoms with van der Waals surface area (Å²) in [5.74, 6) is -0.00806. The van der Waals surface area contributed by atoms with Crippen LogP contribution in [0.25, 0.3) is 0 Å². The Labute approximate surface area is 155 Å². The lowest BCUT2D eigenvalue weighted by Crippen LogP contribution is -3.10. The van der Waals surface area contributed by atoms with E-state index < -0.39 is 0 Å². The Morgan fingerprint density at radius 2 is 1.92 bits per heavy atom. The van der Waals surface area contributed by atoms with E-state index in [4.69, 9.17) is 4.74 Å². The van der Waals surface area contributed by atoms with E-state index in [1.807, 2.05) is 12.1 Å². The summed E-state index contributed by atoms with van der Waals surface area (Å²) < 4.78 is 5.55. The Morgan fingerprint density at radius 1 is 1.12 bits per heavy atom. The molecule has 4 heteroatoms. The molecule has 2 unspecified atom stereocenters. The second-order valence-electron chi connectivity index (χ2n) is 7.41. The van der Waals surface area contributed by atoms with Crippen LogP contribution in [0, 0.1) is 0 Å². The van der Waals surface area contributed by atoms with Crippen molar-refractivity contribution in [2.45, 2.75) is 38.5 Å². The van der Waals surface area contributed by atoms with Crippen molar-refractivity contribution >= 4 is 5.91 Å². The molecule has 2 aromatic carbocycles. The molecule has 136 valence electrons. The van der Waals surface area contributed by atoms with Gasteiger partial charge in [-0.05, 0) is 30.5 Å². The van der Waals surface area contributed by atoms with Crippen molar-refractivity contribution in [3.63, 3.8) is 0 Å². The Hall–Kier alpha value is -2.17. The fourth-order valence-electron chi connectivity index (χ4n) is 3.97. The number of ether oxygens (including phenoxy) is 1. The van der Waals surface area contributed by atoms with E-state index in [2.05, 4.69) is 41.7 Å². The minimum Gasteiger partial charge on any atom is -0.376 e. The average Bonchev–Trinajstić information content (AvgIpc) is 3.20. The van der Waals surface area contributed by atoms with Crippen molar-refractivity contribution in [1.82, 2.24) is 5.32 Å². The van der Waals surface area contributed by atoms with E-state index >= 15 is 0 Å². The summed E-state index contributed by atoms with van der Waals surface area (Å²) in [6.45, 7) is 4.68. The highest BCUT2D eigenvalue weighted by molar-refractivity contribution is 5.94. The number of carbonyl (C=O) groups is 1. The molecule has 0 aliphatic carbocycles. The van der Waals surface area contributed by atoms with Gasteiger partial charge in [0.1, 0.15) is 13.1 Å². The molecule has 0 bridgehead atoms. The first-order valence-electron chi connectivity index (χ1n) is 9.67. The summed E-state index contributed by atoms with van der Waals surface area (Å²) in [5.41, 5.74) is 4.98. The molecule has 2 heterocycles. The average molecular weight is 351 g/mol. The molecule has 26 heavy (non-hydrogen) atoms. The van der Waals surface area contributed by atoms with Crippen LogP contribution in [-0.2, 0) is 24.2 Å². The highest BCUT2D eigenvalue weighted by Crippen LogP contribution is 2.12. The molecule has 4 rings (SSSR count). The molecule has 4 nitrogen and oxygen atoms in total. The van der Waals surface area contributed by atoms with E-state index in [1.165, 1.54) is 23.2 Å². The molecule has 1 amide bonds. The number of quaternary nitrogens is 1. The smallest absolute Gasteiger partial charge is 0.251 e. The SMILES string of the molecule is O=C(NCC1CCCO1)c1ccc(C[NH+]2CCc3ccccc3C2)cc1. The maximum absolute atomic E-state index is 12.3. The molecule has 2 N–H and O–H groups in total. The molecule has 0 spiro atoms. The second-order valence-corrected chi connectivity index (χ2v) is 7.41. The topological polar surface area (TPSA) is 42.8 Å². The Bertz CT molecular complexity index is 751. The van der Waals surface area contributed by atoms with Gasteiger partial charge in [0, 0.05) is 36.3 Å². The highest BCUT2D eigenvalue weighted by atomic mass is 16.5. The molecular formula is C22H27N2O2+. The molecular weight excluding hydrogens is 324 g/mol. The lowest BCUT2D eigenvalue weighted by molar-refractivity contribution is -0.929. The minimum absolute atomic E-state index is 0.00806. The molecule has 2 atom stereocenters. The predicted octanol–water partition coefficient (Wildman–Crippen LogP) is 1.74. The van der Waals surface area contributed by atoms with Crippen molar-refractivity contribution in [2.24, 2.45) is 0 Å². The van der Waals surface area contributed by atoms with E-state index in [0.29, 0.717) is 6.54 Å². The largest absolute Gasteiger partial charge is 0.376 e. The summed E-state index contributed by atoms with van der Waals surface area (Å²) >= 11 is 0. The van der Waals surface area contributed by atoms with Crippen LogP contribution >= 0.6 is 0 Å². The Balaban J connectivity index is 1.31. The van der Waals surface area contributed by atoms with Gasteiger partial charge in [0.25, 0.3) is 5.91 Å². The van der Waals surface area contributed by atoms with Gasteiger partial charge < -0.3 is 15.0 Å². The highest BCUT2D eigenvalue weighted by Gasteiger charge is 2.19. The Kier molecular flexibility index (Phi) is 5.32. The van der Waals surface area contributed by atoms with Gasteiger partial charge in [-0.2, -0.15) is 0 Å². The first-order chi connectivity index (χ1) is 12.8. The third kappa shape index (κ3) is 4.14. The second kappa shape index (κ2) is 8.02. The number of hydrogen-bond donors (Lipinski definition) is 2. The standard InChI is InChI=1S/C22H26N2O2/c25-22(23-14-21-6-3-13-26-21)19-9-7-17(8-10-19)15-24-12-11-18-4-1-2-5-20(18)16-24/h1-2,4-5,7-10,21H,3,6,11-16H2,(H,23,25)/p+1. The van der Waals surface area contributed by atoms with Gasteiger partial charge in [-0.1, -0.05) is 36.4 Å². The van der Waals surface area contributed by atoms with Gasteiger partial charge in [0.15, 0.2) is 0 Å². The molecule has 2 aliphatic rings. The Morgan fingerprint density at radius 3 is 2.69 bits per heavy atom. The first kappa shape index (κ1) is 17.3. The first-order valence-corrected chi connectivity index (χ1v) is 9.67. The van der Waals surface area contributed by atoms with Crippen molar-refractivity contribution in [1.29, 1.82) is 0 Å². The van der Waals surface area contributed by atoms with Crippen molar-refractivity contribution in [2.75, 3.05) is 19.7 Å². The molecule has 0 aromatic heterocycles. The summed E-state index contributed by atoms with van der Waals surface area (Å²) in [6.07, 6.45) is 3.47. The molecule has 0 radical (unpaired) electrons. The molecule has 1 fully saturated rings. The number of carbonyl (C=O) groups excluding carboxylic acids is 1. The number of fused-ring (bicyclic) bond motifs is 1. The van der Waals surface area contributed by atoms with Crippen LogP contribution in [0.2, 0.25) is 0 Å². The predicted molar refractivity (Wildman–Crippen MR) is 101 cm³/mol. The van der Waals surface area contributed by atoms with E-state index in [9.17, 15) is 4.79 Å². The monoisotopic (exact) mass is 351 g/mol. The summed E-state index contributed by atoms with van der Waals surface area (Å²) in [7, 11) is 0. The van der Waals surface area contributed by atoms with Gasteiger partial charge in [-0.3, -0.25) is 4.79 Å². The molecule has 1 saturated heterocycles. The van der Waals surface area contributed by atoms with Gasteiger partial charge >= 0.3 is 0 Å². The van der Waals surface area contributed by atoms with Crippen LogP contribution in [0.15, 0.2) is 48.5 Å². The lowest BCUT2D eigenvalue weighted by Gasteiger charge is -2.26. The van der Waals surface area contributed by atoms with Gasteiger partial charge in [-0.25, -0.2) is 0 Å². The van der Waals surface area contributed by atoms with Crippen LogP contribution in [0.5, 0.6) is 0 Å². The van der Waals surface area contributed by atoms with Crippen molar-refractivity contribution < 1.29 is 14.4 Å². The number of hydrogen-bond acceptors (Lipinski definition) is 2. The van der Waals surface area contributed by atoms with Crippen molar-refractivity contribution in [3.05, 3.63) is 70.8 Å².